The molecule has 3 aromatic rings. The number of rotatable bonds is 5. The lowest BCUT2D eigenvalue weighted by Crippen LogP contribution is -2.41. The third kappa shape index (κ3) is 4.66. The number of hydrogen-bond donors (Lipinski definition) is 1. The van der Waals surface area contributed by atoms with Crippen molar-refractivity contribution < 1.29 is 18.0 Å². The number of carbonyl (C=O) groups is 1. The minimum atomic E-state index is -4.48. The van der Waals surface area contributed by atoms with Gasteiger partial charge in [-0.2, -0.15) is 13.2 Å². The molecule has 1 aliphatic heterocycles. The second-order valence-corrected chi connectivity index (χ2v) is 7.84. The first-order valence-electron chi connectivity index (χ1n) is 10.2. The Hall–Kier alpha value is -3.06. The van der Waals surface area contributed by atoms with Crippen LogP contribution in [0, 0.1) is 0 Å². The molecular formula is C24H24F3N3O. The molecule has 4 nitrogen and oxygen atoms in total. The van der Waals surface area contributed by atoms with Crippen LogP contribution in [0.1, 0.15) is 38.8 Å². The highest BCUT2D eigenvalue weighted by molar-refractivity contribution is 5.94. The summed E-state index contributed by atoms with van der Waals surface area (Å²) in [6, 6.07) is 16.7. The smallest absolute Gasteiger partial charge is 0.353 e. The zero-order valence-electron chi connectivity index (χ0n) is 17.2. The van der Waals surface area contributed by atoms with Crippen LogP contribution >= 0.6 is 0 Å². The molecule has 0 fully saturated rings. The number of aromatic nitrogens is 1. The first kappa shape index (κ1) is 21.2. The van der Waals surface area contributed by atoms with Crippen molar-refractivity contribution in [3.63, 3.8) is 0 Å². The number of amides is 1. The minimum absolute atomic E-state index is 0.00412. The van der Waals surface area contributed by atoms with Gasteiger partial charge in [-0.15, -0.1) is 0 Å². The molecule has 0 bridgehead atoms. The fraction of sp³-hybridized carbons (Fsp3) is 0.292. The van der Waals surface area contributed by atoms with Gasteiger partial charge in [0.2, 0.25) is 0 Å². The van der Waals surface area contributed by atoms with E-state index in [2.05, 4.69) is 22.3 Å². The first-order chi connectivity index (χ1) is 14.8. The van der Waals surface area contributed by atoms with Crippen LogP contribution in [0.5, 0.6) is 0 Å². The second-order valence-electron chi connectivity index (χ2n) is 7.84. The molecule has 1 amide bonds. The van der Waals surface area contributed by atoms with Gasteiger partial charge in [0.05, 0.1) is 11.6 Å². The Kier molecular flexibility index (Phi) is 5.87. The highest BCUT2D eigenvalue weighted by Crippen LogP contribution is 2.30. The zero-order chi connectivity index (χ0) is 22.0. The van der Waals surface area contributed by atoms with Crippen LogP contribution in [0.3, 0.4) is 0 Å². The van der Waals surface area contributed by atoms with Gasteiger partial charge >= 0.3 is 6.18 Å². The Labute approximate surface area is 179 Å². The highest BCUT2D eigenvalue weighted by atomic mass is 19.4. The van der Waals surface area contributed by atoms with Crippen LogP contribution in [0.15, 0.2) is 66.9 Å². The summed E-state index contributed by atoms with van der Waals surface area (Å²) >= 11 is 0. The van der Waals surface area contributed by atoms with Crippen molar-refractivity contribution >= 4 is 5.91 Å². The first-order valence-corrected chi connectivity index (χ1v) is 10.2. The van der Waals surface area contributed by atoms with Crippen LogP contribution in [0.4, 0.5) is 13.2 Å². The molecule has 1 aromatic heterocycles. The second kappa shape index (κ2) is 8.59. The minimum Gasteiger partial charge on any atom is -0.353 e. The fourth-order valence-electron chi connectivity index (χ4n) is 4.15. The number of nitrogens with zero attached hydrogens (tertiary/aromatic N) is 2. The van der Waals surface area contributed by atoms with Crippen molar-refractivity contribution in [3.05, 3.63) is 94.8 Å². The third-order valence-corrected chi connectivity index (χ3v) is 5.83. The van der Waals surface area contributed by atoms with Crippen LogP contribution in [0.25, 0.3) is 0 Å². The van der Waals surface area contributed by atoms with Crippen molar-refractivity contribution in [2.45, 2.75) is 25.2 Å². The van der Waals surface area contributed by atoms with Gasteiger partial charge < -0.3 is 9.88 Å². The largest absolute Gasteiger partial charge is 0.416 e. The summed E-state index contributed by atoms with van der Waals surface area (Å²) in [5, 5.41) is 2.85. The molecule has 162 valence electrons. The van der Waals surface area contributed by atoms with E-state index in [4.69, 9.17) is 0 Å². The Bertz CT molecular complexity index is 1070. The highest BCUT2D eigenvalue weighted by Gasteiger charge is 2.31. The molecule has 0 aliphatic carbocycles. The van der Waals surface area contributed by atoms with Crippen molar-refractivity contribution in [1.29, 1.82) is 0 Å². The van der Waals surface area contributed by atoms with Gasteiger partial charge in [-0.3, -0.25) is 9.69 Å². The Morgan fingerprint density at radius 1 is 1.06 bits per heavy atom. The molecule has 1 unspecified atom stereocenters. The average Bonchev–Trinajstić information content (AvgIpc) is 3.19. The van der Waals surface area contributed by atoms with E-state index in [9.17, 15) is 18.0 Å². The van der Waals surface area contributed by atoms with Crippen molar-refractivity contribution in [2.24, 2.45) is 7.05 Å². The predicted octanol–water partition coefficient (Wildman–Crippen LogP) is 4.57. The molecule has 2 heterocycles. The standard InChI is InChI=1S/C24H24F3N3O/c1-29-12-5-10-21(29)22(30-13-11-17-6-2-3-7-19(17)16-30)15-28-23(31)18-8-4-9-20(14-18)24(25,26)27/h2-10,12,14,22H,11,13,15-16H2,1H3,(H,28,31). The molecule has 1 atom stereocenters. The van der Waals surface area contributed by atoms with Crippen molar-refractivity contribution in [1.82, 2.24) is 14.8 Å². The maximum atomic E-state index is 13.0. The monoisotopic (exact) mass is 427 g/mol. The van der Waals surface area contributed by atoms with E-state index in [1.165, 1.54) is 23.3 Å². The topological polar surface area (TPSA) is 37.3 Å². The molecule has 1 N–H and O–H groups in total. The summed E-state index contributed by atoms with van der Waals surface area (Å²) in [5.41, 5.74) is 2.81. The van der Waals surface area contributed by atoms with E-state index in [-0.39, 0.29) is 11.6 Å². The molecule has 0 saturated carbocycles. The van der Waals surface area contributed by atoms with Crippen LogP contribution in [-0.4, -0.2) is 28.5 Å². The van der Waals surface area contributed by atoms with Crippen LogP contribution in [-0.2, 0) is 26.2 Å². The number of fused-ring (bicyclic) bond motifs is 1. The average molecular weight is 427 g/mol. The van der Waals surface area contributed by atoms with E-state index in [0.717, 1.165) is 37.3 Å². The Balaban J connectivity index is 1.53. The molecule has 0 radical (unpaired) electrons. The molecule has 4 rings (SSSR count). The number of carbonyl (C=O) groups excluding carboxylic acids is 1. The van der Waals surface area contributed by atoms with E-state index >= 15 is 0 Å². The lowest BCUT2D eigenvalue weighted by molar-refractivity contribution is -0.137. The van der Waals surface area contributed by atoms with E-state index in [1.807, 2.05) is 42.1 Å². The van der Waals surface area contributed by atoms with Gasteiger partial charge in [0.1, 0.15) is 0 Å². The number of aryl methyl sites for hydroxylation is 1. The Morgan fingerprint density at radius 3 is 2.55 bits per heavy atom. The third-order valence-electron chi connectivity index (χ3n) is 5.83. The lowest BCUT2D eigenvalue weighted by Gasteiger charge is -2.36. The van der Waals surface area contributed by atoms with Crippen LogP contribution in [0.2, 0.25) is 0 Å². The van der Waals surface area contributed by atoms with Gasteiger partial charge in [-0.25, -0.2) is 0 Å². The van der Waals surface area contributed by atoms with Gasteiger partial charge in [-0.05, 0) is 47.9 Å². The van der Waals surface area contributed by atoms with E-state index in [0.29, 0.717) is 6.54 Å². The van der Waals surface area contributed by atoms with Gasteiger partial charge in [0.25, 0.3) is 5.91 Å². The summed E-state index contributed by atoms with van der Waals surface area (Å²) in [6.07, 6.45) is -1.61. The summed E-state index contributed by atoms with van der Waals surface area (Å²) in [5.74, 6) is -0.511. The SMILES string of the molecule is Cn1cccc1C(CNC(=O)c1cccc(C(F)(F)F)c1)N1CCc2ccccc2C1. The molecular weight excluding hydrogens is 403 g/mol. The quantitative estimate of drug-likeness (QED) is 0.648. The van der Waals surface area contributed by atoms with E-state index < -0.39 is 17.6 Å². The predicted molar refractivity (Wildman–Crippen MR) is 112 cm³/mol. The van der Waals surface area contributed by atoms with E-state index in [1.54, 1.807) is 0 Å². The summed E-state index contributed by atoms with van der Waals surface area (Å²) < 4.78 is 41.0. The number of halogens is 3. The number of nitrogens with one attached hydrogen (secondary N) is 1. The summed E-state index contributed by atoms with van der Waals surface area (Å²) in [4.78, 5) is 15.0. The molecule has 2 aromatic carbocycles. The van der Waals surface area contributed by atoms with Crippen molar-refractivity contribution in [2.75, 3.05) is 13.1 Å². The normalized spacial score (nSPS) is 15.4. The maximum Gasteiger partial charge on any atom is 0.416 e. The molecule has 0 spiro atoms. The molecule has 31 heavy (non-hydrogen) atoms. The van der Waals surface area contributed by atoms with Gasteiger partial charge in [0.15, 0.2) is 0 Å². The fourth-order valence-corrected chi connectivity index (χ4v) is 4.15. The number of hydrogen-bond acceptors (Lipinski definition) is 2. The number of benzene rings is 2. The molecule has 1 aliphatic rings. The van der Waals surface area contributed by atoms with Crippen LogP contribution < -0.4 is 5.32 Å². The summed E-state index contributed by atoms with van der Waals surface area (Å²) in [6.45, 7) is 1.90. The number of alkyl halides is 3. The van der Waals surface area contributed by atoms with Crippen molar-refractivity contribution in [3.8, 4) is 0 Å². The molecule has 0 saturated heterocycles. The maximum absolute atomic E-state index is 13.0. The molecule has 7 heteroatoms. The van der Waals surface area contributed by atoms with Gasteiger partial charge in [-0.1, -0.05) is 30.3 Å². The Morgan fingerprint density at radius 2 is 1.84 bits per heavy atom. The summed E-state index contributed by atoms with van der Waals surface area (Å²) in [7, 11) is 1.95. The lowest BCUT2D eigenvalue weighted by atomic mass is 9.97. The zero-order valence-corrected chi connectivity index (χ0v) is 17.2. The van der Waals surface area contributed by atoms with Gasteiger partial charge in [0, 0.05) is 44.1 Å².